The second-order valence-corrected chi connectivity index (χ2v) is 4.46. The Balaban J connectivity index is 1.80. The van der Waals surface area contributed by atoms with E-state index in [1.165, 1.54) is 12.1 Å². The summed E-state index contributed by atoms with van der Waals surface area (Å²) in [7, 11) is 0. The molecule has 1 aromatic rings. The lowest BCUT2D eigenvalue weighted by molar-refractivity contribution is -0.274. The van der Waals surface area contributed by atoms with E-state index >= 15 is 0 Å². The van der Waals surface area contributed by atoms with Crippen LogP contribution in [0, 0.1) is 0 Å². The van der Waals surface area contributed by atoms with Crippen molar-refractivity contribution >= 4 is 5.69 Å². The van der Waals surface area contributed by atoms with Gasteiger partial charge in [-0.05, 0) is 44.0 Å². The first-order valence-corrected chi connectivity index (χ1v) is 6.20. The van der Waals surface area contributed by atoms with E-state index in [-0.39, 0.29) is 5.75 Å². The average Bonchev–Trinajstić information content (AvgIpc) is 2.27. The molecule has 1 fully saturated rings. The molecular weight excluding hydrogens is 259 g/mol. The van der Waals surface area contributed by atoms with Crippen LogP contribution in [0.2, 0.25) is 0 Å². The van der Waals surface area contributed by atoms with Gasteiger partial charge in [0.25, 0.3) is 0 Å². The van der Waals surface area contributed by atoms with Crippen LogP contribution in [0.25, 0.3) is 0 Å². The molecule has 0 unspecified atom stereocenters. The summed E-state index contributed by atoms with van der Waals surface area (Å²) in [5.74, 6) is -0.209. The van der Waals surface area contributed by atoms with Crippen molar-refractivity contribution in [2.24, 2.45) is 0 Å². The smallest absolute Gasteiger partial charge is 0.406 e. The number of hydrogen-bond donors (Lipinski definition) is 1. The Kier molecular flexibility index (Phi) is 4.19. The van der Waals surface area contributed by atoms with Crippen molar-refractivity contribution in [3.05, 3.63) is 24.3 Å². The summed E-state index contributed by atoms with van der Waals surface area (Å²) in [5.41, 5.74) is 0.787. The van der Waals surface area contributed by atoms with Crippen LogP contribution >= 0.6 is 0 Å². The largest absolute Gasteiger partial charge is 0.573 e. The van der Waals surface area contributed by atoms with Crippen LogP contribution in [0.3, 0.4) is 0 Å². The van der Waals surface area contributed by atoms with Crippen LogP contribution in [0.5, 0.6) is 5.75 Å². The second-order valence-electron chi connectivity index (χ2n) is 4.46. The molecule has 106 valence electrons. The van der Waals surface area contributed by atoms with Gasteiger partial charge in [0.05, 0.1) is 6.10 Å². The Morgan fingerprint density at radius 2 is 1.84 bits per heavy atom. The molecule has 0 aliphatic heterocycles. The number of alkyl halides is 3. The van der Waals surface area contributed by atoms with E-state index in [9.17, 15) is 13.2 Å². The summed E-state index contributed by atoms with van der Waals surface area (Å²) in [4.78, 5) is 0. The van der Waals surface area contributed by atoms with Crippen molar-refractivity contribution in [2.45, 2.75) is 38.3 Å². The molecule has 1 aliphatic carbocycles. The Bertz CT molecular complexity index is 399. The molecule has 0 saturated heterocycles. The van der Waals surface area contributed by atoms with Gasteiger partial charge in [-0.15, -0.1) is 13.2 Å². The molecule has 2 rings (SSSR count). The quantitative estimate of drug-likeness (QED) is 0.891. The first-order chi connectivity index (χ1) is 8.96. The van der Waals surface area contributed by atoms with Gasteiger partial charge in [-0.2, -0.15) is 0 Å². The Hall–Kier alpha value is -1.43. The lowest BCUT2D eigenvalue weighted by atomic mass is 9.89. The molecule has 1 aliphatic rings. The monoisotopic (exact) mass is 275 g/mol. The highest BCUT2D eigenvalue weighted by atomic mass is 19.4. The van der Waals surface area contributed by atoms with Gasteiger partial charge < -0.3 is 14.8 Å². The highest BCUT2D eigenvalue weighted by Gasteiger charge is 2.31. The van der Waals surface area contributed by atoms with Crippen LogP contribution in [-0.4, -0.2) is 25.1 Å². The van der Waals surface area contributed by atoms with Gasteiger partial charge in [0.2, 0.25) is 0 Å². The van der Waals surface area contributed by atoms with Gasteiger partial charge in [0, 0.05) is 18.3 Å². The minimum Gasteiger partial charge on any atom is -0.406 e. The zero-order valence-corrected chi connectivity index (χ0v) is 10.5. The van der Waals surface area contributed by atoms with E-state index in [1.807, 2.05) is 6.92 Å². The standard InChI is InChI=1S/C13H16F3NO2/c1-2-18-12-7-10(8-12)17-9-3-5-11(6-4-9)19-13(14,15)16/h3-6,10,12,17H,2,7-8H2,1H3. The van der Waals surface area contributed by atoms with Gasteiger partial charge in [-0.3, -0.25) is 0 Å². The van der Waals surface area contributed by atoms with Crippen molar-refractivity contribution in [3.8, 4) is 5.75 Å². The Labute approximate surface area is 109 Å². The highest BCUT2D eigenvalue weighted by molar-refractivity contribution is 5.47. The van der Waals surface area contributed by atoms with Crippen molar-refractivity contribution in [1.29, 1.82) is 0 Å². The third-order valence-corrected chi connectivity index (χ3v) is 2.96. The van der Waals surface area contributed by atoms with E-state index in [4.69, 9.17) is 4.74 Å². The van der Waals surface area contributed by atoms with E-state index in [0.717, 1.165) is 18.5 Å². The predicted molar refractivity (Wildman–Crippen MR) is 65.2 cm³/mol. The number of anilines is 1. The highest BCUT2D eigenvalue weighted by Crippen LogP contribution is 2.28. The van der Waals surface area contributed by atoms with E-state index in [0.29, 0.717) is 18.8 Å². The minimum absolute atomic E-state index is 0.209. The molecule has 3 nitrogen and oxygen atoms in total. The summed E-state index contributed by atoms with van der Waals surface area (Å²) >= 11 is 0. The molecule has 1 aromatic carbocycles. The first-order valence-electron chi connectivity index (χ1n) is 6.20. The Morgan fingerprint density at radius 1 is 1.21 bits per heavy atom. The molecular formula is C13H16F3NO2. The summed E-state index contributed by atoms with van der Waals surface area (Å²) in [6, 6.07) is 6.08. The van der Waals surface area contributed by atoms with Gasteiger partial charge in [0.15, 0.2) is 0 Å². The molecule has 0 bridgehead atoms. The number of rotatable bonds is 5. The summed E-state index contributed by atoms with van der Waals surface area (Å²) in [5, 5.41) is 3.24. The predicted octanol–water partition coefficient (Wildman–Crippen LogP) is 3.56. The SMILES string of the molecule is CCOC1CC(Nc2ccc(OC(F)(F)F)cc2)C1. The second kappa shape index (κ2) is 5.69. The van der Waals surface area contributed by atoms with Gasteiger partial charge >= 0.3 is 6.36 Å². The Morgan fingerprint density at radius 3 is 2.37 bits per heavy atom. The molecule has 0 radical (unpaired) electrons. The number of halogens is 3. The molecule has 0 aromatic heterocycles. The minimum atomic E-state index is -4.65. The maximum absolute atomic E-state index is 12.0. The number of benzene rings is 1. The lowest BCUT2D eigenvalue weighted by Crippen LogP contribution is -2.40. The average molecular weight is 275 g/mol. The zero-order valence-electron chi connectivity index (χ0n) is 10.5. The molecule has 0 amide bonds. The van der Waals surface area contributed by atoms with Crippen LogP contribution < -0.4 is 10.1 Å². The molecule has 6 heteroatoms. The summed E-state index contributed by atoms with van der Waals surface area (Å²) in [6.07, 6.45) is -2.49. The molecule has 19 heavy (non-hydrogen) atoms. The van der Waals surface area contributed by atoms with Crippen LogP contribution in [0.15, 0.2) is 24.3 Å². The normalized spacial score (nSPS) is 22.7. The fourth-order valence-corrected chi connectivity index (χ4v) is 2.04. The van der Waals surface area contributed by atoms with Gasteiger partial charge in [0.1, 0.15) is 5.75 Å². The molecule has 1 N–H and O–H groups in total. The topological polar surface area (TPSA) is 30.5 Å². The molecule has 0 atom stereocenters. The number of hydrogen-bond acceptors (Lipinski definition) is 3. The van der Waals surface area contributed by atoms with E-state index < -0.39 is 6.36 Å². The van der Waals surface area contributed by atoms with Crippen molar-refractivity contribution < 1.29 is 22.6 Å². The fourth-order valence-electron chi connectivity index (χ4n) is 2.04. The summed E-state index contributed by atoms with van der Waals surface area (Å²) in [6.45, 7) is 2.67. The molecule has 0 heterocycles. The van der Waals surface area contributed by atoms with Crippen molar-refractivity contribution in [1.82, 2.24) is 0 Å². The van der Waals surface area contributed by atoms with Crippen LogP contribution in [0.1, 0.15) is 19.8 Å². The van der Waals surface area contributed by atoms with Gasteiger partial charge in [-0.25, -0.2) is 0 Å². The van der Waals surface area contributed by atoms with Gasteiger partial charge in [-0.1, -0.05) is 0 Å². The van der Waals surface area contributed by atoms with Crippen molar-refractivity contribution in [3.63, 3.8) is 0 Å². The number of ether oxygens (including phenoxy) is 2. The molecule has 1 saturated carbocycles. The molecule has 0 spiro atoms. The van der Waals surface area contributed by atoms with E-state index in [1.54, 1.807) is 12.1 Å². The third kappa shape index (κ3) is 4.31. The third-order valence-electron chi connectivity index (χ3n) is 2.96. The number of nitrogens with one attached hydrogen (secondary N) is 1. The zero-order chi connectivity index (χ0) is 13.9. The maximum atomic E-state index is 12.0. The van der Waals surface area contributed by atoms with Crippen LogP contribution in [0.4, 0.5) is 18.9 Å². The fraction of sp³-hybridized carbons (Fsp3) is 0.538. The van der Waals surface area contributed by atoms with E-state index in [2.05, 4.69) is 10.1 Å². The summed E-state index contributed by atoms with van der Waals surface area (Å²) < 4.78 is 45.2. The van der Waals surface area contributed by atoms with Crippen molar-refractivity contribution in [2.75, 3.05) is 11.9 Å². The lowest BCUT2D eigenvalue weighted by Gasteiger charge is -2.36. The van der Waals surface area contributed by atoms with Crippen LogP contribution in [-0.2, 0) is 4.74 Å². The first kappa shape index (κ1) is 14.0. The maximum Gasteiger partial charge on any atom is 0.573 e.